The van der Waals surface area contributed by atoms with Gasteiger partial charge < -0.3 is 9.73 Å². The highest BCUT2D eigenvalue weighted by molar-refractivity contribution is 6.32. The molecule has 0 bridgehead atoms. The molecule has 0 saturated heterocycles. The quantitative estimate of drug-likeness (QED) is 0.876. The fourth-order valence-electron chi connectivity index (χ4n) is 2.35. The van der Waals surface area contributed by atoms with Crippen LogP contribution in [0.1, 0.15) is 36.8 Å². The summed E-state index contributed by atoms with van der Waals surface area (Å²) in [5.41, 5.74) is 2.83. The second kappa shape index (κ2) is 6.66. The van der Waals surface area contributed by atoms with Crippen molar-refractivity contribution < 1.29 is 4.42 Å². The van der Waals surface area contributed by atoms with Gasteiger partial charge in [0.15, 0.2) is 5.22 Å². The van der Waals surface area contributed by atoms with E-state index in [9.17, 15) is 0 Å². The van der Waals surface area contributed by atoms with Crippen molar-refractivity contribution in [3.8, 4) is 0 Å². The molecule has 6 heteroatoms. The van der Waals surface area contributed by atoms with E-state index in [0.717, 1.165) is 41.5 Å². The average molecular weight is 316 g/mol. The van der Waals surface area contributed by atoms with Crippen molar-refractivity contribution in [1.29, 1.82) is 0 Å². The van der Waals surface area contributed by atoms with Gasteiger partial charge in [-0.05, 0) is 38.1 Å². The van der Waals surface area contributed by atoms with Crippen LogP contribution in [0.2, 0.25) is 10.2 Å². The van der Waals surface area contributed by atoms with Crippen LogP contribution < -0.4 is 5.32 Å². The first-order valence-electron chi connectivity index (χ1n) is 6.76. The molecule has 2 heterocycles. The van der Waals surface area contributed by atoms with Gasteiger partial charge in [0.25, 0.3) is 0 Å². The first-order valence-corrected chi connectivity index (χ1v) is 7.52. The van der Waals surface area contributed by atoms with Gasteiger partial charge in [0.05, 0.1) is 22.7 Å². The third-order valence-corrected chi connectivity index (χ3v) is 4.12. The van der Waals surface area contributed by atoms with Crippen LogP contribution in [0.5, 0.6) is 0 Å². The maximum atomic E-state index is 6.37. The van der Waals surface area contributed by atoms with Gasteiger partial charge in [0.1, 0.15) is 0 Å². The number of nitrogens with one attached hydrogen (secondary N) is 1. The lowest BCUT2D eigenvalue weighted by atomic mass is 10.0. The lowest BCUT2D eigenvalue weighted by Gasteiger charge is -2.17. The average Bonchev–Trinajstić information content (AvgIpc) is 2.96. The molecule has 110 valence electrons. The summed E-state index contributed by atoms with van der Waals surface area (Å²) in [6.07, 6.45) is 2.33. The molecule has 1 unspecified atom stereocenters. The molecule has 2 rings (SSSR count). The number of hydrogen-bond donors (Lipinski definition) is 1. The molecule has 4 nitrogen and oxygen atoms in total. The number of aryl methyl sites for hydroxylation is 2. The van der Waals surface area contributed by atoms with Crippen LogP contribution in [0.3, 0.4) is 0 Å². The second-order valence-corrected chi connectivity index (χ2v) is 5.35. The zero-order chi connectivity index (χ0) is 14.7. The summed E-state index contributed by atoms with van der Waals surface area (Å²) in [6.45, 7) is 7.67. The van der Waals surface area contributed by atoms with Crippen LogP contribution in [-0.2, 0) is 13.0 Å². The Morgan fingerprint density at radius 1 is 1.40 bits per heavy atom. The summed E-state index contributed by atoms with van der Waals surface area (Å²) in [5.74, 6) is 0. The Labute approximate surface area is 129 Å². The van der Waals surface area contributed by atoms with Crippen molar-refractivity contribution in [3.05, 3.63) is 39.5 Å². The Bertz CT molecular complexity index is 577. The molecule has 0 aliphatic rings. The molecule has 2 aromatic rings. The van der Waals surface area contributed by atoms with Gasteiger partial charge in [-0.2, -0.15) is 5.10 Å². The Hall–Kier alpha value is -0.970. The molecule has 20 heavy (non-hydrogen) atoms. The molecule has 0 spiro atoms. The van der Waals surface area contributed by atoms with Crippen molar-refractivity contribution in [2.45, 2.75) is 39.8 Å². The van der Waals surface area contributed by atoms with E-state index in [1.807, 2.05) is 17.7 Å². The van der Waals surface area contributed by atoms with Gasteiger partial charge in [-0.1, -0.05) is 18.5 Å². The second-order valence-electron chi connectivity index (χ2n) is 4.63. The number of halogens is 2. The first kappa shape index (κ1) is 15.4. The van der Waals surface area contributed by atoms with Gasteiger partial charge in [0.2, 0.25) is 0 Å². The molecule has 0 fully saturated rings. The SMILES string of the molecule is CCNC(Cc1c(Cl)c(C)nn1CC)c1ccoc1Cl. The van der Waals surface area contributed by atoms with E-state index in [1.165, 1.54) is 0 Å². The monoisotopic (exact) mass is 315 g/mol. The van der Waals surface area contributed by atoms with Gasteiger partial charge in [-0.15, -0.1) is 0 Å². The number of rotatable bonds is 6. The van der Waals surface area contributed by atoms with Crippen molar-refractivity contribution >= 4 is 23.2 Å². The summed E-state index contributed by atoms with van der Waals surface area (Å²) in [7, 11) is 0. The van der Waals surface area contributed by atoms with Crippen LogP contribution in [0.15, 0.2) is 16.7 Å². The molecule has 0 aliphatic heterocycles. The molecule has 2 aromatic heterocycles. The fraction of sp³-hybridized carbons (Fsp3) is 0.500. The minimum absolute atomic E-state index is 0.0603. The Balaban J connectivity index is 2.31. The number of likely N-dealkylation sites (N-methyl/N-ethyl adjacent to an activating group) is 1. The molecular weight excluding hydrogens is 297 g/mol. The smallest absolute Gasteiger partial charge is 0.197 e. The highest BCUT2D eigenvalue weighted by Crippen LogP contribution is 2.30. The molecule has 0 aliphatic carbocycles. The van der Waals surface area contributed by atoms with Crippen LogP contribution in [0, 0.1) is 6.92 Å². The maximum Gasteiger partial charge on any atom is 0.197 e. The van der Waals surface area contributed by atoms with Crippen molar-refractivity contribution in [2.75, 3.05) is 6.54 Å². The molecule has 0 saturated carbocycles. The summed E-state index contributed by atoms with van der Waals surface area (Å²) < 4.78 is 7.13. The standard InChI is InChI=1S/C14H19Cl2N3O/c1-4-17-11(10-6-7-20-14(10)16)8-12-13(15)9(3)18-19(12)5-2/h6-7,11,17H,4-5,8H2,1-3H3. The Kier molecular flexibility index (Phi) is 5.13. The topological polar surface area (TPSA) is 43.0 Å². The maximum absolute atomic E-state index is 6.37. The molecular formula is C14H19Cl2N3O. The van der Waals surface area contributed by atoms with Crippen molar-refractivity contribution in [2.24, 2.45) is 0 Å². The summed E-state index contributed by atoms with van der Waals surface area (Å²) in [6, 6.07) is 1.95. The van der Waals surface area contributed by atoms with E-state index >= 15 is 0 Å². The van der Waals surface area contributed by atoms with E-state index in [-0.39, 0.29) is 6.04 Å². The summed E-state index contributed by atoms with van der Waals surface area (Å²) in [5, 5.41) is 9.02. The molecule has 0 radical (unpaired) electrons. The van der Waals surface area contributed by atoms with Gasteiger partial charge in [-0.3, -0.25) is 4.68 Å². The van der Waals surface area contributed by atoms with E-state index in [2.05, 4.69) is 24.3 Å². The molecule has 1 N–H and O–H groups in total. The zero-order valence-corrected chi connectivity index (χ0v) is 13.4. The van der Waals surface area contributed by atoms with E-state index in [1.54, 1.807) is 6.26 Å². The van der Waals surface area contributed by atoms with Gasteiger partial charge in [-0.25, -0.2) is 0 Å². The highest BCUT2D eigenvalue weighted by Gasteiger charge is 2.21. The van der Waals surface area contributed by atoms with Gasteiger partial charge >= 0.3 is 0 Å². The normalized spacial score (nSPS) is 12.8. The number of nitrogens with zero attached hydrogens (tertiary/aromatic N) is 2. The summed E-state index contributed by atoms with van der Waals surface area (Å²) >= 11 is 12.5. The molecule has 1 atom stereocenters. The lowest BCUT2D eigenvalue weighted by Crippen LogP contribution is -2.24. The number of furan rings is 1. The van der Waals surface area contributed by atoms with Crippen molar-refractivity contribution in [3.63, 3.8) is 0 Å². The van der Waals surface area contributed by atoms with Crippen LogP contribution in [-0.4, -0.2) is 16.3 Å². The minimum atomic E-state index is 0.0603. The predicted molar refractivity (Wildman–Crippen MR) is 81.5 cm³/mol. The Morgan fingerprint density at radius 3 is 2.70 bits per heavy atom. The minimum Gasteiger partial charge on any atom is -0.453 e. The predicted octanol–water partition coefficient (Wildman–Crippen LogP) is 4.00. The number of aromatic nitrogens is 2. The van der Waals surface area contributed by atoms with E-state index < -0.39 is 0 Å². The third kappa shape index (κ3) is 3.03. The van der Waals surface area contributed by atoms with Crippen molar-refractivity contribution in [1.82, 2.24) is 15.1 Å². The molecule has 0 aromatic carbocycles. The van der Waals surface area contributed by atoms with Crippen LogP contribution in [0.25, 0.3) is 0 Å². The number of hydrogen-bond acceptors (Lipinski definition) is 3. The first-order chi connectivity index (χ1) is 9.58. The lowest BCUT2D eigenvalue weighted by molar-refractivity contribution is 0.504. The van der Waals surface area contributed by atoms with Crippen LogP contribution in [0.4, 0.5) is 0 Å². The summed E-state index contributed by atoms with van der Waals surface area (Å²) in [4.78, 5) is 0. The highest BCUT2D eigenvalue weighted by atomic mass is 35.5. The van der Waals surface area contributed by atoms with Gasteiger partial charge in [0, 0.05) is 24.6 Å². The fourth-order valence-corrected chi connectivity index (χ4v) is 2.81. The van der Waals surface area contributed by atoms with E-state index in [4.69, 9.17) is 27.6 Å². The van der Waals surface area contributed by atoms with Crippen LogP contribution >= 0.6 is 23.2 Å². The zero-order valence-electron chi connectivity index (χ0n) is 11.9. The molecule has 0 amide bonds. The third-order valence-electron chi connectivity index (χ3n) is 3.32. The largest absolute Gasteiger partial charge is 0.453 e. The van der Waals surface area contributed by atoms with E-state index in [0.29, 0.717) is 5.22 Å². The Morgan fingerprint density at radius 2 is 2.15 bits per heavy atom.